The normalized spacial score (nSPS) is 15.8. The highest BCUT2D eigenvalue weighted by molar-refractivity contribution is 6.07. The molecule has 2 aliphatic heterocycles. The smallest absolute Gasteiger partial charge is 0.255 e. The quantitative estimate of drug-likeness (QED) is 0.505. The molecule has 2 heterocycles. The van der Waals surface area contributed by atoms with Gasteiger partial charge in [-0.1, -0.05) is 48.0 Å². The summed E-state index contributed by atoms with van der Waals surface area (Å²) in [5.74, 6) is 0.666. The molecular formula is C30H32N2O3. The Morgan fingerprint density at radius 2 is 1.69 bits per heavy atom. The maximum atomic E-state index is 13.0. The van der Waals surface area contributed by atoms with E-state index in [1.807, 2.05) is 24.3 Å². The summed E-state index contributed by atoms with van der Waals surface area (Å²) in [7, 11) is 2.17. The number of amides is 1. The van der Waals surface area contributed by atoms with E-state index in [-0.39, 0.29) is 12.5 Å². The number of carbonyl (C=O) groups is 1. The molecule has 1 N–H and O–H groups in total. The van der Waals surface area contributed by atoms with Crippen molar-refractivity contribution in [3.05, 3.63) is 89.0 Å². The number of rotatable bonds is 6. The summed E-state index contributed by atoms with van der Waals surface area (Å²) in [5.41, 5.74) is 7.03. The Hall–Kier alpha value is -3.41. The first-order valence-electron chi connectivity index (χ1n) is 12.3. The van der Waals surface area contributed by atoms with E-state index < -0.39 is 0 Å². The van der Waals surface area contributed by atoms with Crippen LogP contribution in [0.25, 0.3) is 17.2 Å². The van der Waals surface area contributed by atoms with Crippen LogP contribution >= 0.6 is 0 Å². The first-order chi connectivity index (χ1) is 17.0. The van der Waals surface area contributed by atoms with Gasteiger partial charge in [-0.15, -0.1) is 0 Å². The fourth-order valence-electron chi connectivity index (χ4n) is 4.68. The predicted octanol–water partition coefficient (Wildman–Crippen LogP) is 5.69. The minimum Gasteiger partial charge on any atom is -0.488 e. The lowest BCUT2D eigenvalue weighted by Gasteiger charge is -2.31. The van der Waals surface area contributed by atoms with E-state index in [4.69, 9.17) is 9.47 Å². The summed E-state index contributed by atoms with van der Waals surface area (Å²) in [6.07, 6.45) is 4.10. The number of hydrogen-bond donors (Lipinski definition) is 1. The van der Waals surface area contributed by atoms with E-state index in [9.17, 15) is 4.79 Å². The molecule has 1 saturated heterocycles. The van der Waals surface area contributed by atoms with Gasteiger partial charge in [-0.25, -0.2) is 0 Å². The highest BCUT2D eigenvalue weighted by atomic mass is 16.5. The minimum atomic E-state index is -0.136. The van der Waals surface area contributed by atoms with Crippen LogP contribution < -0.4 is 10.1 Å². The molecule has 0 aliphatic carbocycles. The maximum Gasteiger partial charge on any atom is 0.255 e. The summed E-state index contributed by atoms with van der Waals surface area (Å²) in [4.78, 5) is 15.4. The number of benzene rings is 3. The molecule has 0 aromatic heterocycles. The second kappa shape index (κ2) is 10.5. The zero-order chi connectivity index (χ0) is 24.2. The topological polar surface area (TPSA) is 50.8 Å². The van der Waals surface area contributed by atoms with Gasteiger partial charge >= 0.3 is 0 Å². The molecule has 180 valence electrons. The number of aryl methyl sites for hydroxylation is 1. The molecule has 3 aromatic carbocycles. The third kappa shape index (κ3) is 5.64. The van der Waals surface area contributed by atoms with Crippen LogP contribution in [-0.4, -0.2) is 43.7 Å². The van der Waals surface area contributed by atoms with Crippen molar-refractivity contribution in [1.82, 2.24) is 4.90 Å². The summed E-state index contributed by atoms with van der Waals surface area (Å²) in [5, 5.41) is 3.02. The number of carbonyl (C=O) groups excluding carboxylic acids is 1. The number of ether oxygens (including phenoxy) is 2. The molecule has 5 nitrogen and oxygen atoms in total. The Bertz CT molecular complexity index is 1210. The van der Waals surface area contributed by atoms with Crippen molar-refractivity contribution < 1.29 is 14.3 Å². The van der Waals surface area contributed by atoms with Crippen LogP contribution in [0.1, 0.15) is 29.5 Å². The number of fused-ring (bicyclic) bond motifs is 1. The van der Waals surface area contributed by atoms with Gasteiger partial charge in [0.05, 0.1) is 5.57 Å². The first kappa shape index (κ1) is 23.3. The van der Waals surface area contributed by atoms with Crippen LogP contribution in [0.5, 0.6) is 5.75 Å². The summed E-state index contributed by atoms with van der Waals surface area (Å²) in [6.45, 7) is 4.92. The van der Waals surface area contributed by atoms with Crippen molar-refractivity contribution in [2.75, 3.05) is 32.2 Å². The van der Waals surface area contributed by atoms with E-state index in [1.54, 1.807) is 0 Å². The van der Waals surface area contributed by atoms with Gasteiger partial charge in [0.15, 0.2) is 0 Å². The molecule has 3 aromatic rings. The number of anilines is 1. The lowest BCUT2D eigenvalue weighted by Crippen LogP contribution is -2.36. The summed E-state index contributed by atoms with van der Waals surface area (Å²) < 4.78 is 11.4. The van der Waals surface area contributed by atoms with E-state index in [2.05, 4.69) is 72.7 Å². The Morgan fingerprint density at radius 1 is 0.971 bits per heavy atom. The lowest BCUT2D eigenvalue weighted by molar-refractivity contribution is -0.113. The fourth-order valence-corrected chi connectivity index (χ4v) is 4.68. The van der Waals surface area contributed by atoms with Gasteiger partial charge in [-0.05, 0) is 73.8 Å². The average Bonchev–Trinajstić information content (AvgIpc) is 2.90. The number of hydrogen-bond acceptors (Lipinski definition) is 4. The van der Waals surface area contributed by atoms with Crippen LogP contribution in [0.3, 0.4) is 0 Å². The van der Waals surface area contributed by atoms with Crippen molar-refractivity contribution in [3.8, 4) is 16.9 Å². The maximum absolute atomic E-state index is 13.0. The SMILES string of the molecule is Cc1ccc(-c2ccc3c(c2)C=C(C(=O)Nc2ccc(CN(C)C4CCOCC4)cc2)CO3)cc1. The first-order valence-corrected chi connectivity index (χ1v) is 12.3. The fraction of sp³-hybridized carbons (Fsp3) is 0.300. The van der Waals surface area contributed by atoms with Crippen molar-refractivity contribution in [2.24, 2.45) is 0 Å². The molecule has 0 unspecified atom stereocenters. The van der Waals surface area contributed by atoms with Gasteiger partial charge in [0.1, 0.15) is 12.4 Å². The van der Waals surface area contributed by atoms with E-state index in [1.165, 1.54) is 11.1 Å². The molecule has 35 heavy (non-hydrogen) atoms. The third-order valence-electron chi connectivity index (χ3n) is 6.86. The van der Waals surface area contributed by atoms with Crippen LogP contribution in [0.4, 0.5) is 5.69 Å². The highest BCUT2D eigenvalue weighted by Crippen LogP contribution is 2.32. The van der Waals surface area contributed by atoms with E-state index in [0.717, 1.165) is 60.7 Å². The molecule has 0 radical (unpaired) electrons. The molecule has 0 atom stereocenters. The molecule has 0 bridgehead atoms. The second-order valence-electron chi connectivity index (χ2n) is 9.49. The largest absolute Gasteiger partial charge is 0.488 e. The standard InChI is InChI=1S/C30H32N2O3/c1-21-3-7-23(8-4-21)24-9-12-29-25(17-24)18-26(20-35-29)30(33)31-27-10-5-22(6-11-27)19-32(2)28-13-15-34-16-14-28/h3-12,17-18,28H,13-16,19-20H2,1-2H3,(H,31,33). The monoisotopic (exact) mass is 468 g/mol. The van der Waals surface area contributed by atoms with Gasteiger partial charge in [0, 0.05) is 37.1 Å². The zero-order valence-corrected chi connectivity index (χ0v) is 20.4. The van der Waals surface area contributed by atoms with Gasteiger partial charge in [-0.2, -0.15) is 0 Å². The Kier molecular flexibility index (Phi) is 6.98. The molecule has 5 rings (SSSR count). The molecule has 0 spiro atoms. The van der Waals surface area contributed by atoms with Gasteiger partial charge in [-0.3, -0.25) is 9.69 Å². The lowest BCUT2D eigenvalue weighted by atomic mass is 9.99. The van der Waals surface area contributed by atoms with Gasteiger partial charge in [0.25, 0.3) is 5.91 Å². The van der Waals surface area contributed by atoms with Crippen molar-refractivity contribution in [2.45, 2.75) is 32.4 Å². The third-order valence-corrected chi connectivity index (χ3v) is 6.86. The molecule has 1 fully saturated rings. The summed E-state index contributed by atoms with van der Waals surface area (Å²) >= 11 is 0. The second-order valence-corrected chi connectivity index (χ2v) is 9.49. The molecule has 1 amide bonds. The zero-order valence-electron chi connectivity index (χ0n) is 20.4. The number of nitrogens with one attached hydrogen (secondary N) is 1. The van der Waals surface area contributed by atoms with Gasteiger partial charge < -0.3 is 14.8 Å². The van der Waals surface area contributed by atoms with Crippen LogP contribution in [0.15, 0.2) is 72.3 Å². The Morgan fingerprint density at radius 3 is 2.43 bits per heavy atom. The van der Waals surface area contributed by atoms with Crippen LogP contribution in [-0.2, 0) is 16.1 Å². The van der Waals surface area contributed by atoms with Crippen molar-refractivity contribution in [1.29, 1.82) is 0 Å². The summed E-state index contributed by atoms with van der Waals surface area (Å²) in [6, 6.07) is 23.2. The molecule has 2 aliphatic rings. The highest BCUT2D eigenvalue weighted by Gasteiger charge is 2.20. The minimum absolute atomic E-state index is 0.136. The van der Waals surface area contributed by atoms with Crippen LogP contribution in [0.2, 0.25) is 0 Å². The number of nitrogens with zero attached hydrogens (tertiary/aromatic N) is 1. The Labute approximate surface area is 207 Å². The van der Waals surface area contributed by atoms with Crippen molar-refractivity contribution >= 4 is 17.7 Å². The van der Waals surface area contributed by atoms with Gasteiger partial charge in [0.2, 0.25) is 0 Å². The molecular weight excluding hydrogens is 436 g/mol. The predicted molar refractivity (Wildman–Crippen MR) is 140 cm³/mol. The average molecular weight is 469 g/mol. The van der Waals surface area contributed by atoms with E-state index >= 15 is 0 Å². The van der Waals surface area contributed by atoms with E-state index in [0.29, 0.717) is 11.6 Å². The molecule has 0 saturated carbocycles. The van der Waals surface area contributed by atoms with Crippen LogP contribution in [0, 0.1) is 6.92 Å². The van der Waals surface area contributed by atoms with Crippen molar-refractivity contribution in [3.63, 3.8) is 0 Å². The Balaban J connectivity index is 1.24. The molecule has 5 heteroatoms.